The first-order valence-corrected chi connectivity index (χ1v) is 8.50. The third-order valence-electron chi connectivity index (χ3n) is 3.36. The summed E-state index contributed by atoms with van der Waals surface area (Å²) in [5.41, 5.74) is 7.00. The van der Waals surface area contributed by atoms with Crippen LogP contribution in [0.4, 0.5) is 5.69 Å². The van der Waals surface area contributed by atoms with Gasteiger partial charge < -0.3 is 10.6 Å². The molecule has 6 heteroatoms. The van der Waals surface area contributed by atoms with Crippen LogP contribution in [0.5, 0.6) is 0 Å². The lowest BCUT2D eigenvalue weighted by Crippen LogP contribution is -2.42. The molecule has 1 aromatic carbocycles. The minimum atomic E-state index is -3.41. The molecule has 0 aliphatic carbocycles. The van der Waals surface area contributed by atoms with Gasteiger partial charge in [-0.1, -0.05) is 0 Å². The molecular weight excluding hydrogens is 274 g/mol. The lowest BCUT2D eigenvalue weighted by molar-refractivity contribution is 0.506. The molecule has 2 rings (SSSR count). The zero-order valence-corrected chi connectivity index (χ0v) is 12.9. The molecule has 0 amide bonds. The van der Waals surface area contributed by atoms with Crippen LogP contribution in [0.25, 0.3) is 0 Å². The molecule has 1 fully saturated rings. The highest BCUT2D eigenvalue weighted by Crippen LogP contribution is 2.21. The Balaban J connectivity index is 2.14. The van der Waals surface area contributed by atoms with E-state index in [4.69, 9.17) is 5.73 Å². The van der Waals surface area contributed by atoms with E-state index >= 15 is 0 Å². The van der Waals surface area contributed by atoms with E-state index in [0.29, 0.717) is 4.90 Å². The van der Waals surface area contributed by atoms with Gasteiger partial charge in [0.25, 0.3) is 0 Å². The summed E-state index contributed by atoms with van der Waals surface area (Å²) < 4.78 is 26.7. The smallest absolute Gasteiger partial charge is 0.240 e. The molecule has 1 heterocycles. The van der Waals surface area contributed by atoms with Crippen molar-refractivity contribution in [2.75, 3.05) is 18.0 Å². The molecule has 0 radical (unpaired) electrons. The molecule has 0 aromatic heterocycles. The van der Waals surface area contributed by atoms with Crippen molar-refractivity contribution < 1.29 is 8.42 Å². The summed E-state index contributed by atoms with van der Waals surface area (Å²) >= 11 is 0. The summed E-state index contributed by atoms with van der Waals surface area (Å²) in [4.78, 5) is 2.51. The van der Waals surface area contributed by atoms with Gasteiger partial charge in [0.15, 0.2) is 0 Å². The van der Waals surface area contributed by atoms with Gasteiger partial charge in [0.1, 0.15) is 0 Å². The Hall–Kier alpha value is -1.11. The maximum atomic E-state index is 12.0. The number of benzene rings is 1. The SMILES string of the molecule is CC(C)NS(=O)(=O)c1ccc(N2CCCC(N)C2)cc1. The molecule has 1 atom stereocenters. The van der Waals surface area contributed by atoms with Gasteiger partial charge in [-0.25, -0.2) is 13.1 Å². The fourth-order valence-corrected chi connectivity index (χ4v) is 3.71. The van der Waals surface area contributed by atoms with Crippen molar-refractivity contribution in [2.45, 2.75) is 43.7 Å². The van der Waals surface area contributed by atoms with Crippen molar-refractivity contribution in [3.63, 3.8) is 0 Å². The predicted molar refractivity (Wildman–Crippen MR) is 81.3 cm³/mol. The Morgan fingerprint density at radius 3 is 2.50 bits per heavy atom. The van der Waals surface area contributed by atoms with Crippen LogP contribution in [0.3, 0.4) is 0 Å². The van der Waals surface area contributed by atoms with Crippen LogP contribution >= 0.6 is 0 Å². The number of nitrogens with zero attached hydrogens (tertiary/aromatic N) is 1. The highest BCUT2D eigenvalue weighted by molar-refractivity contribution is 7.89. The van der Waals surface area contributed by atoms with Crippen LogP contribution in [-0.4, -0.2) is 33.6 Å². The maximum absolute atomic E-state index is 12.0. The van der Waals surface area contributed by atoms with Crippen molar-refractivity contribution in [1.29, 1.82) is 0 Å². The summed E-state index contributed by atoms with van der Waals surface area (Å²) in [6, 6.07) is 7.11. The number of sulfonamides is 1. The standard InChI is InChI=1S/C14H23N3O2S/c1-11(2)16-20(18,19)14-7-5-13(6-8-14)17-9-3-4-12(15)10-17/h5-8,11-12,16H,3-4,9-10,15H2,1-2H3. The predicted octanol–water partition coefficient (Wildman–Crippen LogP) is 1.30. The average molecular weight is 297 g/mol. The number of hydrogen-bond acceptors (Lipinski definition) is 4. The van der Waals surface area contributed by atoms with Gasteiger partial charge in [0, 0.05) is 30.9 Å². The number of rotatable bonds is 4. The second-order valence-electron chi connectivity index (χ2n) is 5.62. The van der Waals surface area contributed by atoms with Crippen LogP contribution in [0.15, 0.2) is 29.2 Å². The molecule has 1 aliphatic heterocycles. The van der Waals surface area contributed by atoms with Gasteiger partial charge in [-0.3, -0.25) is 0 Å². The highest BCUT2D eigenvalue weighted by Gasteiger charge is 2.19. The minimum absolute atomic E-state index is 0.111. The van der Waals surface area contributed by atoms with E-state index in [1.165, 1.54) is 0 Å². The minimum Gasteiger partial charge on any atom is -0.370 e. The molecule has 5 nitrogen and oxygen atoms in total. The maximum Gasteiger partial charge on any atom is 0.240 e. The number of piperidine rings is 1. The van der Waals surface area contributed by atoms with E-state index in [1.807, 2.05) is 12.1 Å². The van der Waals surface area contributed by atoms with Crippen molar-refractivity contribution in [3.8, 4) is 0 Å². The van der Waals surface area contributed by atoms with E-state index in [-0.39, 0.29) is 12.1 Å². The first-order chi connectivity index (χ1) is 9.38. The highest BCUT2D eigenvalue weighted by atomic mass is 32.2. The lowest BCUT2D eigenvalue weighted by atomic mass is 10.1. The molecular formula is C14H23N3O2S. The van der Waals surface area contributed by atoms with Gasteiger partial charge in [-0.05, 0) is 51.0 Å². The zero-order chi connectivity index (χ0) is 14.8. The third-order valence-corrected chi connectivity index (χ3v) is 5.04. The van der Waals surface area contributed by atoms with Crippen LogP contribution in [0, 0.1) is 0 Å². The van der Waals surface area contributed by atoms with Crippen LogP contribution in [-0.2, 0) is 10.0 Å². The van der Waals surface area contributed by atoms with Crippen LogP contribution < -0.4 is 15.4 Å². The molecule has 1 aromatic rings. The van der Waals surface area contributed by atoms with E-state index in [9.17, 15) is 8.42 Å². The molecule has 1 aliphatic rings. The molecule has 20 heavy (non-hydrogen) atoms. The fraction of sp³-hybridized carbons (Fsp3) is 0.571. The van der Waals surface area contributed by atoms with E-state index in [0.717, 1.165) is 31.6 Å². The molecule has 112 valence electrons. The lowest BCUT2D eigenvalue weighted by Gasteiger charge is -2.32. The Labute approximate surface area is 121 Å². The van der Waals surface area contributed by atoms with Crippen LogP contribution in [0.2, 0.25) is 0 Å². The first-order valence-electron chi connectivity index (χ1n) is 7.01. The Bertz CT molecular complexity index is 540. The summed E-state index contributed by atoms with van der Waals surface area (Å²) in [5, 5.41) is 0. The monoisotopic (exact) mass is 297 g/mol. The fourth-order valence-electron chi connectivity index (χ4n) is 2.46. The van der Waals surface area contributed by atoms with E-state index in [1.54, 1.807) is 26.0 Å². The molecule has 3 N–H and O–H groups in total. The van der Waals surface area contributed by atoms with Crippen molar-refractivity contribution in [1.82, 2.24) is 4.72 Å². The van der Waals surface area contributed by atoms with Crippen molar-refractivity contribution in [3.05, 3.63) is 24.3 Å². The number of hydrogen-bond donors (Lipinski definition) is 2. The van der Waals surface area contributed by atoms with Gasteiger partial charge in [0.05, 0.1) is 4.90 Å². The molecule has 0 bridgehead atoms. The van der Waals surface area contributed by atoms with E-state index < -0.39 is 10.0 Å². The van der Waals surface area contributed by atoms with Gasteiger partial charge in [0.2, 0.25) is 10.0 Å². The summed E-state index contributed by atoms with van der Waals surface area (Å²) in [6.07, 6.45) is 2.14. The Morgan fingerprint density at radius 1 is 1.30 bits per heavy atom. The Morgan fingerprint density at radius 2 is 1.95 bits per heavy atom. The summed E-state index contributed by atoms with van der Waals surface area (Å²) in [6.45, 7) is 5.42. The average Bonchev–Trinajstić information content (AvgIpc) is 2.37. The van der Waals surface area contributed by atoms with Gasteiger partial charge in [-0.15, -0.1) is 0 Å². The first kappa shape index (κ1) is 15.3. The van der Waals surface area contributed by atoms with Gasteiger partial charge in [-0.2, -0.15) is 0 Å². The summed E-state index contributed by atoms with van der Waals surface area (Å²) in [5.74, 6) is 0. The van der Waals surface area contributed by atoms with Crippen LogP contribution in [0.1, 0.15) is 26.7 Å². The number of nitrogens with two attached hydrogens (primary N) is 1. The number of anilines is 1. The normalized spacial score (nSPS) is 20.4. The Kier molecular flexibility index (Phi) is 4.67. The number of nitrogens with one attached hydrogen (secondary N) is 1. The molecule has 0 spiro atoms. The quantitative estimate of drug-likeness (QED) is 0.878. The van der Waals surface area contributed by atoms with E-state index in [2.05, 4.69) is 9.62 Å². The van der Waals surface area contributed by atoms with Crippen molar-refractivity contribution in [2.24, 2.45) is 5.73 Å². The molecule has 1 unspecified atom stereocenters. The second-order valence-corrected chi connectivity index (χ2v) is 7.33. The van der Waals surface area contributed by atoms with Crippen molar-refractivity contribution >= 4 is 15.7 Å². The third kappa shape index (κ3) is 3.71. The summed E-state index contributed by atoms with van der Waals surface area (Å²) in [7, 11) is -3.41. The molecule has 1 saturated heterocycles. The topological polar surface area (TPSA) is 75.4 Å². The largest absolute Gasteiger partial charge is 0.370 e. The zero-order valence-electron chi connectivity index (χ0n) is 12.0. The van der Waals surface area contributed by atoms with Gasteiger partial charge >= 0.3 is 0 Å². The second kappa shape index (κ2) is 6.11. The molecule has 0 saturated carbocycles.